The summed E-state index contributed by atoms with van der Waals surface area (Å²) in [6.07, 6.45) is 7.16. The highest BCUT2D eigenvalue weighted by atomic mass is 16.5. The molecule has 4 heteroatoms. The van der Waals surface area contributed by atoms with Gasteiger partial charge in [0.1, 0.15) is 5.75 Å². The molecule has 1 aliphatic heterocycles. The lowest BCUT2D eigenvalue weighted by Crippen LogP contribution is -2.23. The van der Waals surface area contributed by atoms with Gasteiger partial charge in [0.2, 0.25) is 0 Å². The topological polar surface area (TPSA) is 42.5 Å². The molecule has 1 aliphatic carbocycles. The molecular weight excluding hydrogens is 372 g/mol. The number of rotatable bonds is 8. The third kappa shape index (κ3) is 4.65. The molecule has 2 N–H and O–H groups in total. The van der Waals surface area contributed by atoms with Crippen molar-refractivity contribution < 1.29 is 9.47 Å². The number of hydrogen-bond donors (Lipinski definition) is 2. The van der Waals surface area contributed by atoms with E-state index in [0.717, 1.165) is 42.0 Å². The largest absolute Gasteiger partial charge is 0.490 e. The Labute approximate surface area is 180 Å². The molecule has 1 heterocycles. The molecule has 0 radical (unpaired) electrons. The van der Waals surface area contributed by atoms with E-state index in [9.17, 15) is 0 Å². The molecule has 4 nitrogen and oxygen atoms in total. The number of allylic oxidation sites excluding steroid dienone is 1. The summed E-state index contributed by atoms with van der Waals surface area (Å²) in [5.41, 5.74) is 7.37. The van der Waals surface area contributed by atoms with Crippen LogP contribution in [0, 0.1) is 0 Å². The average molecular weight is 407 g/mol. The molecule has 1 saturated carbocycles. The number of fused-ring (bicyclic) bond motifs is 1. The summed E-state index contributed by atoms with van der Waals surface area (Å²) in [6, 6.07) is 15.1. The summed E-state index contributed by atoms with van der Waals surface area (Å²) in [5, 5.41) is 7.09. The van der Waals surface area contributed by atoms with Crippen molar-refractivity contribution >= 4 is 11.4 Å². The minimum absolute atomic E-state index is 0.193. The Morgan fingerprint density at radius 1 is 1.13 bits per heavy atom. The molecule has 0 bridgehead atoms. The van der Waals surface area contributed by atoms with Crippen molar-refractivity contribution in [3.05, 3.63) is 64.7 Å². The maximum Gasteiger partial charge on any atom is 0.153 e. The monoisotopic (exact) mass is 406 g/mol. The third-order valence-corrected chi connectivity index (χ3v) is 6.36. The maximum absolute atomic E-state index is 6.14. The van der Waals surface area contributed by atoms with Crippen LogP contribution in [0.15, 0.2) is 48.0 Å². The fraction of sp³-hybridized carbons (Fsp3) is 0.462. The molecule has 0 saturated heterocycles. The van der Waals surface area contributed by atoms with Crippen LogP contribution in [0.1, 0.15) is 68.9 Å². The van der Waals surface area contributed by atoms with E-state index in [1.807, 2.05) is 0 Å². The normalized spacial score (nSPS) is 17.8. The van der Waals surface area contributed by atoms with Crippen LogP contribution in [-0.4, -0.2) is 19.8 Å². The molecule has 2 aromatic carbocycles. The van der Waals surface area contributed by atoms with Crippen LogP contribution in [-0.2, 0) is 11.2 Å². The van der Waals surface area contributed by atoms with Crippen molar-refractivity contribution in [3.8, 4) is 5.75 Å². The van der Waals surface area contributed by atoms with Crippen molar-refractivity contribution in [2.45, 2.75) is 64.7 Å². The van der Waals surface area contributed by atoms with Crippen molar-refractivity contribution in [2.75, 3.05) is 19.0 Å². The molecule has 0 amide bonds. The van der Waals surface area contributed by atoms with Crippen LogP contribution in [0.2, 0.25) is 0 Å². The van der Waals surface area contributed by atoms with Crippen LogP contribution >= 0.6 is 0 Å². The fourth-order valence-corrected chi connectivity index (χ4v) is 4.43. The first-order valence-electron chi connectivity index (χ1n) is 11.3. The van der Waals surface area contributed by atoms with Gasteiger partial charge in [-0.15, -0.1) is 0 Å². The predicted octanol–water partition coefficient (Wildman–Crippen LogP) is 6.05. The van der Waals surface area contributed by atoms with E-state index in [1.165, 1.54) is 42.5 Å². The molecule has 2 aliphatic rings. The number of ether oxygens (including phenoxy) is 2. The van der Waals surface area contributed by atoms with Gasteiger partial charge in [-0.3, -0.25) is 0 Å². The van der Waals surface area contributed by atoms with Gasteiger partial charge in [-0.2, -0.15) is 0 Å². The van der Waals surface area contributed by atoms with E-state index in [-0.39, 0.29) is 6.23 Å². The maximum atomic E-state index is 6.14. The van der Waals surface area contributed by atoms with Crippen molar-refractivity contribution in [2.24, 2.45) is 0 Å². The molecule has 30 heavy (non-hydrogen) atoms. The Morgan fingerprint density at radius 2 is 1.90 bits per heavy atom. The molecule has 1 unspecified atom stereocenters. The van der Waals surface area contributed by atoms with Crippen LogP contribution in [0.3, 0.4) is 0 Å². The highest BCUT2D eigenvalue weighted by molar-refractivity contribution is 5.68. The molecule has 0 aromatic heterocycles. The zero-order valence-electron chi connectivity index (χ0n) is 18.5. The molecule has 4 rings (SSSR count). The van der Waals surface area contributed by atoms with E-state index in [2.05, 4.69) is 66.9 Å². The van der Waals surface area contributed by atoms with Gasteiger partial charge in [0, 0.05) is 30.6 Å². The minimum Gasteiger partial charge on any atom is -0.490 e. The second kappa shape index (κ2) is 9.57. The highest BCUT2D eigenvalue weighted by Gasteiger charge is 2.19. The first kappa shape index (κ1) is 20.8. The standard InChI is InChI=1S/C26H34N2O2/c1-4-18(2)25(19-9-12-23(13-10-19)30-22-7-5-6-8-22)28-26(29-3)21-11-14-24-20(17-21)15-16-27-24/h9-14,17,22,26-28H,4-8,15-16H2,1-3H3. The van der Waals surface area contributed by atoms with Gasteiger partial charge < -0.3 is 20.1 Å². The Balaban J connectivity index is 1.53. The lowest BCUT2D eigenvalue weighted by molar-refractivity contribution is 0.0884. The van der Waals surface area contributed by atoms with Gasteiger partial charge in [-0.25, -0.2) is 0 Å². The zero-order chi connectivity index (χ0) is 20.9. The van der Waals surface area contributed by atoms with Gasteiger partial charge in [-0.1, -0.05) is 13.0 Å². The quantitative estimate of drug-likeness (QED) is 0.524. The molecule has 0 spiro atoms. The van der Waals surface area contributed by atoms with Gasteiger partial charge in [-0.05, 0) is 98.5 Å². The van der Waals surface area contributed by atoms with Gasteiger partial charge in [0.05, 0.1) is 6.10 Å². The van der Waals surface area contributed by atoms with Crippen molar-refractivity contribution in [3.63, 3.8) is 0 Å². The fourth-order valence-electron chi connectivity index (χ4n) is 4.43. The number of anilines is 1. The summed E-state index contributed by atoms with van der Waals surface area (Å²) in [6.45, 7) is 5.39. The Morgan fingerprint density at radius 3 is 2.60 bits per heavy atom. The number of methoxy groups -OCH3 is 1. The van der Waals surface area contributed by atoms with Gasteiger partial charge in [0.25, 0.3) is 0 Å². The number of hydrogen-bond acceptors (Lipinski definition) is 4. The second-order valence-electron chi connectivity index (χ2n) is 8.41. The molecule has 1 fully saturated rings. The van der Waals surface area contributed by atoms with Crippen LogP contribution in [0.25, 0.3) is 5.70 Å². The summed E-state index contributed by atoms with van der Waals surface area (Å²) in [7, 11) is 1.76. The van der Waals surface area contributed by atoms with Crippen LogP contribution in [0.4, 0.5) is 5.69 Å². The molecule has 2 aromatic rings. The first-order chi connectivity index (χ1) is 14.7. The molecule has 1 atom stereocenters. The second-order valence-corrected chi connectivity index (χ2v) is 8.41. The zero-order valence-corrected chi connectivity index (χ0v) is 18.5. The average Bonchev–Trinajstić information content (AvgIpc) is 3.46. The van der Waals surface area contributed by atoms with Gasteiger partial charge in [0.15, 0.2) is 6.23 Å². The lowest BCUT2D eigenvalue weighted by Gasteiger charge is -2.24. The van der Waals surface area contributed by atoms with Crippen LogP contribution in [0.5, 0.6) is 5.75 Å². The summed E-state index contributed by atoms with van der Waals surface area (Å²) >= 11 is 0. The van der Waals surface area contributed by atoms with E-state index in [0.29, 0.717) is 6.10 Å². The summed E-state index contributed by atoms with van der Waals surface area (Å²) < 4.78 is 12.0. The SMILES string of the molecule is CCC(C)=C(NC(OC)c1ccc2c(c1)CCN2)c1ccc(OC2CCCC2)cc1. The van der Waals surface area contributed by atoms with E-state index < -0.39 is 0 Å². The Bertz CT molecular complexity index is 882. The summed E-state index contributed by atoms with van der Waals surface area (Å²) in [4.78, 5) is 0. The smallest absolute Gasteiger partial charge is 0.153 e. The highest BCUT2D eigenvalue weighted by Crippen LogP contribution is 2.30. The number of benzene rings is 2. The van der Waals surface area contributed by atoms with E-state index in [1.54, 1.807) is 7.11 Å². The van der Waals surface area contributed by atoms with E-state index >= 15 is 0 Å². The lowest BCUT2D eigenvalue weighted by atomic mass is 10.0. The predicted molar refractivity (Wildman–Crippen MR) is 124 cm³/mol. The Hall–Kier alpha value is -2.46. The first-order valence-corrected chi connectivity index (χ1v) is 11.3. The molecule has 160 valence electrons. The summed E-state index contributed by atoms with van der Waals surface area (Å²) in [5.74, 6) is 0.966. The van der Waals surface area contributed by atoms with Crippen molar-refractivity contribution in [1.29, 1.82) is 0 Å². The number of nitrogens with one attached hydrogen (secondary N) is 2. The molecular formula is C26H34N2O2. The third-order valence-electron chi connectivity index (χ3n) is 6.36. The van der Waals surface area contributed by atoms with E-state index in [4.69, 9.17) is 9.47 Å². The minimum atomic E-state index is -0.193. The van der Waals surface area contributed by atoms with Gasteiger partial charge >= 0.3 is 0 Å². The Kier molecular flexibility index (Phi) is 6.63. The van der Waals surface area contributed by atoms with Crippen molar-refractivity contribution in [1.82, 2.24) is 5.32 Å². The van der Waals surface area contributed by atoms with Crippen LogP contribution < -0.4 is 15.4 Å².